The number of aromatic nitrogens is 1. The normalized spacial score (nSPS) is 12.8. The van der Waals surface area contributed by atoms with Crippen molar-refractivity contribution in [2.24, 2.45) is 0 Å². The third-order valence-electron chi connectivity index (χ3n) is 3.09. The van der Waals surface area contributed by atoms with E-state index >= 15 is 0 Å². The van der Waals surface area contributed by atoms with Gasteiger partial charge in [-0.05, 0) is 40.1 Å². The summed E-state index contributed by atoms with van der Waals surface area (Å²) >= 11 is 0. The second-order valence-corrected chi connectivity index (χ2v) is 5.22. The Kier molecular flexibility index (Phi) is 4.29. The summed E-state index contributed by atoms with van der Waals surface area (Å²) < 4.78 is 37.9. The standard InChI is InChI=1S/C12H19F3N4/c1-11(2,19(3)4)7-17-10-6-8(12(13,14)15)5-9(16)18-10/h5-6H,7H2,1-4H3,(H3,16,17,18). The molecule has 0 aliphatic heterocycles. The largest absolute Gasteiger partial charge is 0.416 e. The minimum Gasteiger partial charge on any atom is -0.384 e. The third-order valence-corrected chi connectivity index (χ3v) is 3.09. The van der Waals surface area contributed by atoms with Crippen molar-refractivity contribution < 1.29 is 13.2 Å². The highest BCUT2D eigenvalue weighted by Gasteiger charge is 2.31. The third kappa shape index (κ3) is 4.27. The molecule has 0 radical (unpaired) electrons. The van der Waals surface area contributed by atoms with Gasteiger partial charge in [0.25, 0.3) is 0 Å². The van der Waals surface area contributed by atoms with E-state index < -0.39 is 11.7 Å². The number of nitrogens with zero attached hydrogens (tertiary/aromatic N) is 2. The number of rotatable bonds is 4. The van der Waals surface area contributed by atoms with Gasteiger partial charge in [0.05, 0.1) is 5.56 Å². The molecule has 1 aromatic heterocycles. The van der Waals surface area contributed by atoms with Gasteiger partial charge in [-0.1, -0.05) is 0 Å². The molecule has 0 amide bonds. The zero-order valence-electron chi connectivity index (χ0n) is 11.5. The van der Waals surface area contributed by atoms with Crippen LogP contribution in [0.4, 0.5) is 24.8 Å². The Labute approximate surface area is 110 Å². The van der Waals surface area contributed by atoms with Gasteiger partial charge in [0.15, 0.2) is 0 Å². The highest BCUT2D eigenvalue weighted by molar-refractivity contribution is 5.47. The lowest BCUT2D eigenvalue weighted by molar-refractivity contribution is -0.137. The molecule has 0 bridgehead atoms. The SMILES string of the molecule is CN(C)C(C)(C)CNc1cc(C(F)(F)F)cc(N)n1. The van der Waals surface area contributed by atoms with Gasteiger partial charge < -0.3 is 16.0 Å². The average Bonchev–Trinajstić information content (AvgIpc) is 2.24. The van der Waals surface area contributed by atoms with Gasteiger partial charge in [0.2, 0.25) is 0 Å². The van der Waals surface area contributed by atoms with Crippen molar-refractivity contribution in [1.82, 2.24) is 9.88 Å². The fraction of sp³-hybridized carbons (Fsp3) is 0.583. The molecule has 1 heterocycles. The molecule has 0 saturated carbocycles. The Hall–Kier alpha value is -1.50. The van der Waals surface area contributed by atoms with E-state index in [9.17, 15) is 13.2 Å². The first-order valence-corrected chi connectivity index (χ1v) is 5.78. The van der Waals surface area contributed by atoms with Crippen molar-refractivity contribution in [2.45, 2.75) is 25.6 Å². The van der Waals surface area contributed by atoms with Gasteiger partial charge in [0, 0.05) is 12.1 Å². The Balaban J connectivity index is 2.88. The summed E-state index contributed by atoms with van der Waals surface area (Å²) in [5.41, 5.74) is 4.38. The zero-order chi connectivity index (χ0) is 14.8. The maximum absolute atomic E-state index is 12.6. The molecule has 1 rings (SSSR count). The minimum absolute atomic E-state index is 0.127. The quantitative estimate of drug-likeness (QED) is 0.887. The number of halogens is 3. The molecular formula is C12H19F3N4. The summed E-state index contributed by atoms with van der Waals surface area (Å²) in [5, 5.41) is 2.89. The highest BCUT2D eigenvalue weighted by Crippen LogP contribution is 2.31. The molecule has 0 spiro atoms. The van der Waals surface area contributed by atoms with Gasteiger partial charge in [-0.15, -0.1) is 0 Å². The lowest BCUT2D eigenvalue weighted by Gasteiger charge is -2.32. The number of likely N-dealkylation sites (N-methyl/N-ethyl adjacent to an activating group) is 1. The van der Waals surface area contributed by atoms with Gasteiger partial charge in [-0.2, -0.15) is 13.2 Å². The van der Waals surface area contributed by atoms with Gasteiger partial charge in [-0.25, -0.2) is 4.98 Å². The second kappa shape index (κ2) is 5.24. The van der Waals surface area contributed by atoms with Gasteiger partial charge >= 0.3 is 6.18 Å². The van der Waals surface area contributed by atoms with Crippen LogP contribution in [0.15, 0.2) is 12.1 Å². The van der Waals surface area contributed by atoms with Crippen LogP contribution in [0, 0.1) is 0 Å². The summed E-state index contributed by atoms with van der Waals surface area (Å²) in [6.45, 7) is 4.39. The smallest absolute Gasteiger partial charge is 0.384 e. The number of pyridine rings is 1. The van der Waals surface area contributed by atoms with Crippen LogP contribution in [0.2, 0.25) is 0 Å². The molecule has 0 unspecified atom stereocenters. The molecule has 3 N–H and O–H groups in total. The number of anilines is 2. The molecule has 108 valence electrons. The fourth-order valence-electron chi connectivity index (χ4n) is 1.27. The van der Waals surface area contributed by atoms with E-state index in [-0.39, 0.29) is 17.2 Å². The predicted molar refractivity (Wildman–Crippen MR) is 69.9 cm³/mol. The van der Waals surface area contributed by atoms with Crippen LogP contribution in [0.25, 0.3) is 0 Å². The molecule has 7 heteroatoms. The molecule has 0 aromatic carbocycles. The molecule has 0 atom stereocenters. The Morgan fingerprint density at radius 3 is 2.32 bits per heavy atom. The lowest BCUT2D eigenvalue weighted by atomic mass is 10.0. The van der Waals surface area contributed by atoms with Crippen LogP contribution in [0.1, 0.15) is 19.4 Å². The maximum atomic E-state index is 12.6. The number of nitrogens with two attached hydrogens (primary N) is 1. The van der Waals surface area contributed by atoms with Gasteiger partial charge in [-0.3, -0.25) is 0 Å². The molecule has 4 nitrogen and oxygen atoms in total. The van der Waals surface area contributed by atoms with Crippen LogP contribution >= 0.6 is 0 Å². The van der Waals surface area contributed by atoms with E-state index in [2.05, 4.69) is 10.3 Å². The van der Waals surface area contributed by atoms with Crippen molar-refractivity contribution in [2.75, 3.05) is 31.7 Å². The number of hydrogen-bond acceptors (Lipinski definition) is 4. The Morgan fingerprint density at radius 1 is 1.26 bits per heavy atom. The van der Waals surface area contributed by atoms with Crippen molar-refractivity contribution in [3.63, 3.8) is 0 Å². The van der Waals surface area contributed by atoms with Gasteiger partial charge in [0.1, 0.15) is 11.6 Å². The van der Waals surface area contributed by atoms with Crippen molar-refractivity contribution in [3.05, 3.63) is 17.7 Å². The van der Waals surface area contributed by atoms with Crippen molar-refractivity contribution in [3.8, 4) is 0 Å². The Morgan fingerprint density at radius 2 is 1.84 bits per heavy atom. The van der Waals surface area contributed by atoms with Crippen LogP contribution in [0.5, 0.6) is 0 Å². The first kappa shape index (κ1) is 15.6. The predicted octanol–water partition coefficient (Wildman–Crippen LogP) is 2.43. The molecule has 0 saturated heterocycles. The number of nitrogen functional groups attached to an aromatic ring is 1. The number of hydrogen-bond donors (Lipinski definition) is 2. The van der Waals surface area contributed by atoms with E-state index in [4.69, 9.17) is 5.73 Å². The lowest BCUT2D eigenvalue weighted by Crippen LogP contribution is -2.44. The van der Waals surface area contributed by atoms with Crippen molar-refractivity contribution in [1.29, 1.82) is 0 Å². The molecule has 0 aliphatic carbocycles. The van der Waals surface area contributed by atoms with Crippen LogP contribution in [0.3, 0.4) is 0 Å². The van der Waals surface area contributed by atoms with Crippen LogP contribution < -0.4 is 11.1 Å². The summed E-state index contributed by atoms with van der Waals surface area (Å²) in [7, 11) is 3.80. The van der Waals surface area contributed by atoms with E-state index in [1.807, 2.05) is 32.8 Å². The summed E-state index contributed by atoms with van der Waals surface area (Å²) in [5.74, 6) is -0.0257. The van der Waals surface area contributed by atoms with E-state index in [0.717, 1.165) is 12.1 Å². The topological polar surface area (TPSA) is 54.2 Å². The highest BCUT2D eigenvalue weighted by atomic mass is 19.4. The fourth-order valence-corrected chi connectivity index (χ4v) is 1.27. The maximum Gasteiger partial charge on any atom is 0.416 e. The van der Waals surface area contributed by atoms with E-state index in [1.54, 1.807) is 0 Å². The monoisotopic (exact) mass is 276 g/mol. The summed E-state index contributed by atoms with van der Waals surface area (Å²) in [6, 6.07) is 1.78. The first-order valence-electron chi connectivity index (χ1n) is 5.78. The van der Waals surface area contributed by atoms with E-state index in [1.165, 1.54) is 0 Å². The van der Waals surface area contributed by atoms with E-state index in [0.29, 0.717) is 6.54 Å². The van der Waals surface area contributed by atoms with Crippen LogP contribution in [-0.4, -0.2) is 36.1 Å². The number of alkyl halides is 3. The molecule has 0 fully saturated rings. The van der Waals surface area contributed by atoms with Crippen LogP contribution in [-0.2, 0) is 6.18 Å². The second-order valence-electron chi connectivity index (χ2n) is 5.22. The zero-order valence-corrected chi connectivity index (χ0v) is 11.5. The Bertz CT molecular complexity index is 441. The molecular weight excluding hydrogens is 257 g/mol. The molecule has 19 heavy (non-hydrogen) atoms. The minimum atomic E-state index is -4.43. The number of nitrogens with one attached hydrogen (secondary N) is 1. The molecule has 0 aliphatic rings. The van der Waals surface area contributed by atoms with Crippen molar-refractivity contribution >= 4 is 11.6 Å². The summed E-state index contributed by atoms with van der Waals surface area (Å²) in [4.78, 5) is 5.83. The molecule has 1 aromatic rings. The summed E-state index contributed by atoms with van der Waals surface area (Å²) in [6.07, 6.45) is -4.43. The average molecular weight is 276 g/mol. The first-order chi connectivity index (χ1) is 8.52.